The van der Waals surface area contributed by atoms with E-state index in [0.717, 1.165) is 11.1 Å². The van der Waals surface area contributed by atoms with Gasteiger partial charge in [0.1, 0.15) is 0 Å². The fourth-order valence-corrected chi connectivity index (χ4v) is 2.10. The number of benzene rings is 1. The monoisotopic (exact) mass is 301 g/mol. The molecule has 0 saturated carbocycles. The lowest BCUT2D eigenvalue weighted by Crippen LogP contribution is -2.29. The zero-order valence-corrected chi connectivity index (χ0v) is 13.9. The van der Waals surface area contributed by atoms with Crippen molar-refractivity contribution < 1.29 is 9.32 Å². The third-order valence-electron chi connectivity index (χ3n) is 3.22. The smallest absolute Gasteiger partial charge is 0.246 e. The summed E-state index contributed by atoms with van der Waals surface area (Å²) in [4.78, 5) is 18.1. The van der Waals surface area contributed by atoms with Crippen LogP contribution in [0.3, 0.4) is 0 Å². The molecule has 0 aliphatic heterocycles. The molecule has 22 heavy (non-hydrogen) atoms. The number of aromatic nitrogens is 2. The van der Waals surface area contributed by atoms with Gasteiger partial charge in [-0.15, -0.1) is 0 Å². The molecule has 1 heterocycles. The van der Waals surface area contributed by atoms with Crippen molar-refractivity contribution in [3.8, 4) is 11.4 Å². The van der Waals surface area contributed by atoms with Gasteiger partial charge in [0.15, 0.2) is 0 Å². The van der Waals surface area contributed by atoms with Crippen molar-refractivity contribution in [2.75, 3.05) is 7.05 Å². The van der Waals surface area contributed by atoms with Gasteiger partial charge in [0.2, 0.25) is 17.6 Å². The van der Waals surface area contributed by atoms with Gasteiger partial charge in [-0.1, -0.05) is 49.7 Å². The Morgan fingerprint density at radius 3 is 2.68 bits per heavy atom. The molecule has 0 bridgehead atoms. The normalized spacial score (nSPS) is 11.5. The van der Waals surface area contributed by atoms with Crippen LogP contribution in [0, 0.1) is 12.3 Å². The average Bonchev–Trinajstić information content (AvgIpc) is 2.85. The predicted molar refractivity (Wildman–Crippen MR) is 85.0 cm³/mol. The van der Waals surface area contributed by atoms with Gasteiger partial charge in [-0.05, 0) is 18.4 Å². The Balaban J connectivity index is 2.04. The number of carbonyl (C=O) groups excluding carboxylic acids is 1. The van der Waals surface area contributed by atoms with Crippen LogP contribution >= 0.6 is 0 Å². The molecule has 1 aromatic heterocycles. The number of hydrogen-bond donors (Lipinski definition) is 0. The Bertz CT molecular complexity index is 656. The first kappa shape index (κ1) is 16.2. The maximum atomic E-state index is 12.1. The van der Waals surface area contributed by atoms with Crippen molar-refractivity contribution in [3.05, 3.63) is 35.7 Å². The third-order valence-corrected chi connectivity index (χ3v) is 3.22. The third kappa shape index (κ3) is 4.41. The molecule has 5 nitrogen and oxygen atoms in total. The van der Waals surface area contributed by atoms with Crippen molar-refractivity contribution >= 4 is 5.91 Å². The Hall–Kier alpha value is -2.17. The van der Waals surface area contributed by atoms with E-state index in [9.17, 15) is 4.79 Å². The lowest BCUT2D eigenvalue weighted by Gasteiger charge is -2.22. The van der Waals surface area contributed by atoms with E-state index in [-0.39, 0.29) is 11.3 Å². The highest BCUT2D eigenvalue weighted by molar-refractivity contribution is 5.76. The molecular weight excluding hydrogens is 278 g/mol. The number of carbonyl (C=O) groups is 1. The molecule has 0 aliphatic carbocycles. The van der Waals surface area contributed by atoms with Crippen molar-refractivity contribution in [3.63, 3.8) is 0 Å². The number of aryl methyl sites for hydroxylation is 1. The van der Waals surface area contributed by atoms with Crippen LogP contribution in [0.4, 0.5) is 0 Å². The van der Waals surface area contributed by atoms with Gasteiger partial charge in [0.05, 0.1) is 6.54 Å². The summed E-state index contributed by atoms with van der Waals surface area (Å²) in [7, 11) is 1.75. The van der Waals surface area contributed by atoms with Crippen molar-refractivity contribution in [2.45, 2.75) is 40.7 Å². The molecule has 1 aromatic carbocycles. The van der Waals surface area contributed by atoms with Crippen LogP contribution in [0.1, 0.15) is 38.6 Å². The van der Waals surface area contributed by atoms with Crippen LogP contribution in [-0.2, 0) is 11.3 Å². The quantitative estimate of drug-likeness (QED) is 0.868. The van der Waals surface area contributed by atoms with Gasteiger partial charge in [0.25, 0.3) is 0 Å². The second-order valence-corrected chi connectivity index (χ2v) is 6.87. The highest BCUT2D eigenvalue weighted by Gasteiger charge is 2.20. The number of rotatable bonds is 4. The molecule has 0 saturated heterocycles. The van der Waals surface area contributed by atoms with Gasteiger partial charge in [-0.25, -0.2) is 0 Å². The van der Waals surface area contributed by atoms with Crippen LogP contribution in [-0.4, -0.2) is 28.0 Å². The lowest BCUT2D eigenvalue weighted by molar-refractivity contribution is -0.132. The van der Waals surface area contributed by atoms with E-state index in [1.807, 2.05) is 52.0 Å². The summed E-state index contributed by atoms with van der Waals surface area (Å²) in [5.41, 5.74) is 2.02. The van der Waals surface area contributed by atoms with E-state index in [0.29, 0.717) is 24.7 Å². The number of hydrogen-bond acceptors (Lipinski definition) is 4. The summed E-state index contributed by atoms with van der Waals surface area (Å²) in [6, 6.07) is 7.92. The Morgan fingerprint density at radius 1 is 1.32 bits per heavy atom. The molecular formula is C17H23N3O2. The molecule has 0 fully saturated rings. The van der Waals surface area contributed by atoms with Crippen LogP contribution < -0.4 is 0 Å². The maximum absolute atomic E-state index is 12.1. The Labute approximate surface area is 131 Å². The predicted octanol–water partition coefficient (Wildman–Crippen LogP) is 3.44. The maximum Gasteiger partial charge on any atom is 0.246 e. The molecule has 0 aliphatic rings. The second-order valence-electron chi connectivity index (χ2n) is 6.87. The topological polar surface area (TPSA) is 59.2 Å². The van der Waals surface area contributed by atoms with Crippen LogP contribution in [0.2, 0.25) is 0 Å². The molecule has 1 amide bonds. The summed E-state index contributed by atoms with van der Waals surface area (Å²) < 4.78 is 5.25. The van der Waals surface area contributed by atoms with Gasteiger partial charge in [-0.3, -0.25) is 4.79 Å². The first-order valence-electron chi connectivity index (χ1n) is 7.38. The minimum Gasteiger partial charge on any atom is -0.337 e. The summed E-state index contributed by atoms with van der Waals surface area (Å²) in [5.74, 6) is 1.07. The number of amides is 1. The SMILES string of the molecule is Cc1cccc(-c2noc(CN(C)C(=O)CC(C)(C)C)n2)c1. The Kier molecular flexibility index (Phi) is 4.64. The minimum atomic E-state index is -0.0348. The molecule has 2 aromatic rings. The van der Waals surface area contributed by atoms with E-state index < -0.39 is 0 Å². The zero-order valence-electron chi connectivity index (χ0n) is 13.9. The standard InChI is InChI=1S/C17H23N3O2/c1-12-7-6-8-13(9-12)16-18-14(22-19-16)11-20(5)15(21)10-17(2,3)4/h6-9H,10-11H2,1-5H3. The van der Waals surface area contributed by atoms with E-state index in [2.05, 4.69) is 10.1 Å². The van der Waals surface area contributed by atoms with Crippen molar-refractivity contribution in [1.82, 2.24) is 15.0 Å². The van der Waals surface area contributed by atoms with Crippen molar-refractivity contribution in [2.24, 2.45) is 5.41 Å². The highest BCUT2D eigenvalue weighted by atomic mass is 16.5. The Morgan fingerprint density at radius 2 is 2.05 bits per heavy atom. The molecule has 0 atom stereocenters. The summed E-state index contributed by atoms with van der Waals surface area (Å²) in [6.07, 6.45) is 0.488. The second kappa shape index (κ2) is 6.30. The lowest BCUT2D eigenvalue weighted by atomic mass is 9.92. The van der Waals surface area contributed by atoms with Gasteiger partial charge in [0, 0.05) is 19.0 Å². The molecule has 0 unspecified atom stereocenters. The van der Waals surface area contributed by atoms with Crippen molar-refractivity contribution in [1.29, 1.82) is 0 Å². The molecule has 2 rings (SSSR count). The first-order valence-corrected chi connectivity index (χ1v) is 7.38. The van der Waals surface area contributed by atoms with Crippen LogP contribution in [0.5, 0.6) is 0 Å². The molecule has 118 valence electrons. The molecule has 0 N–H and O–H groups in total. The molecule has 5 heteroatoms. The van der Waals surface area contributed by atoms with E-state index in [4.69, 9.17) is 4.52 Å². The summed E-state index contributed by atoms with van der Waals surface area (Å²) in [6.45, 7) is 8.47. The summed E-state index contributed by atoms with van der Waals surface area (Å²) in [5, 5.41) is 3.99. The van der Waals surface area contributed by atoms with Gasteiger partial charge in [-0.2, -0.15) is 4.98 Å². The average molecular weight is 301 g/mol. The molecule has 0 spiro atoms. The van der Waals surface area contributed by atoms with Gasteiger partial charge < -0.3 is 9.42 Å². The van der Waals surface area contributed by atoms with E-state index in [1.54, 1.807) is 11.9 Å². The van der Waals surface area contributed by atoms with Crippen LogP contribution in [0.25, 0.3) is 11.4 Å². The first-order chi connectivity index (χ1) is 10.2. The zero-order chi connectivity index (χ0) is 16.3. The fourth-order valence-electron chi connectivity index (χ4n) is 2.10. The minimum absolute atomic E-state index is 0.0348. The van der Waals surface area contributed by atoms with Gasteiger partial charge >= 0.3 is 0 Å². The van der Waals surface area contributed by atoms with E-state index >= 15 is 0 Å². The highest BCUT2D eigenvalue weighted by Crippen LogP contribution is 2.21. The molecule has 0 radical (unpaired) electrons. The fraction of sp³-hybridized carbons (Fsp3) is 0.471. The number of nitrogens with zero attached hydrogens (tertiary/aromatic N) is 3. The van der Waals surface area contributed by atoms with Crippen LogP contribution in [0.15, 0.2) is 28.8 Å². The summed E-state index contributed by atoms with van der Waals surface area (Å²) >= 11 is 0. The van der Waals surface area contributed by atoms with E-state index in [1.165, 1.54) is 0 Å². The largest absolute Gasteiger partial charge is 0.337 e.